The van der Waals surface area contributed by atoms with Crippen LogP contribution >= 0.6 is 11.3 Å². The summed E-state index contributed by atoms with van der Waals surface area (Å²) in [5.74, 6) is -0.756. The van der Waals surface area contributed by atoms with Crippen molar-refractivity contribution >= 4 is 17.3 Å². The molecular weight excluding hydrogens is 248 g/mol. The van der Waals surface area contributed by atoms with Crippen LogP contribution in [-0.4, -0.2) is 21.0 Å². The van der Waals surface area contributed by atoms with Gasteiger partial charge in [0.1, 0.15) is 10.4 Å². The third-order valence-corrected chi connectivity index (χ3v) is 4.48. The lowest BCUT2D eigenvalue weighted by atomic mass is 10.1. The molecule has 0 spiro atoms. The number of nitrogens with zero attached hydrogens (tertiary/aromatic N) is 2. The number of carboxylic acids is 1. The molecule has 2 aromatic rings. The van der Waals surface area contributed by atoms with E-state index >= 15 is 0 Å². The Morgan fingerprint density at radius 1 is 1.50 bits per heavy atom. The summed E-state index contributed by atoms with van der Waals surface area (Å²) in [5.41, 5.74) is 1.09. The molecular formula is C13H12N2O2S. The van der Waals surface area contributed by atoms with Crippen molar-refractivity contribution in [1.29, 1.82) is 0 Å². The molecule has 92 valence electrons. The second-order valence-electron chi connectivity index (χ2n) is 4.55. The normalized spacial score (nSPS) is 16.5. The molecule has 1 aliphatic rings. The zero-order valence-electron chi connectivity index (χ0n) is 9.88. The minimum Gasteiger partial charge on any atom is -0.481 e. The number of aryl methyl sites for hydroxylation is 1. The highest BCUT2D eigenvalue weighted by atomic mass is 32.1. The molecule has 18 heavy (non-hydrogen) atoms. The Bertz CT molecular complexity index is 603. The SMILES string of the molecule is Cc1sc(C2(C(=O)O)CC2)nc1-c1cccnc1. The second-order valence-corrected chi connectivity index (χ2v) is 5.76. The van der Waals surface area contributed by atoms with Crippen LogP contribution in [0.3, 0.4) is 0 Å². The molecule has 2 heterocycles. The molecule has 0 atom stereocenters. The summed E-state index contributed by atoms with van der Waals surface area (Å²) in [6, 6.07) is 3.80. The Balaban J connectivity index is 2.05. The van der Waals surface area contributed by atoms with Crippen molar-refractivity contribution in [2.75, 3.05) is 0 Å². The largest absolute Gasteiger partial charge is 0.481 e. The van der Waals surface area contributed by atoms with E-state index in [0.29, 0.717) is 12.8 Å². The minimum absolute atomic E-state index is 0.696. The lowest BCUT2D eigenvalue weighted by Crippen LogP contribution is -2.19. The van der Waals surface area contributed by atoms with E-state index in [1.807, 2.05) is 19.1 Å². The Morgan fingerprint density at radius 3 is 2.83 bits per heavy atom. The van der Waals surface area contributed by atoms with Crippen LogP contribution in [0.1, 0.15) is 22.7 Å². The van der Waals surface area contributed by atoms with Gasteiger partial charge in [-0.1, -0.05) is 0 Å². The van der Waals surface area contributed by atoms with Crippen LogP contribution in [0.25, 0.3) is 11.3 Å². The van der Waals surface area contributed by atoms with Crippen molar-refractivity contribution in [3.05, 3.63) is 34.4 Å². The third-order valence-electron chi connectivity index (χ3n) is 3.30. The summed E-state index contributed by atoms with van der Waals surface area (Å²) in [6.07, 6.45) is 4.86. The Morgan fingerprint density at radius 2 is 2.28 bits per heavy atom. The second kappa shape index (κ2) is 3.88. The summed E-state index contributed by atoms with van der Waals surface area (Å²) in [7, 11) is 0. The van der Waals surface area contributed by atoms with E-state index in [9.17, 15) is 9.90 Å². The maximum atomic E-state index is 11.3. The van der Waals surface area contributed by atoms with Gasteiger partial charge in [0.25, 0.3) is 0 Å². The monoisotopic (exact) mass is 260 g/mol. The quantitative estimate of drug-likeness (QED) is 0.921. The average molecular weight is 260 g/mol. The number of pyridine rings is 1. The molecule has 3 rings (SSSR count). The van der Waals surface area contributed by atoms with E-state index in [1.54, 1.807) is 12.4 Å². The van der Waals surface area contributed by atoms with E-state index in [-0.39, 0.29) is 0 Å². The van der Waals surface area contributed by atoms with Crippen molar-refractivity contribution in [3.63, 3.8) is 0 Å². The number of hydrogen-bond donors (Lipinski definition) is 1. The van der Waals surface area contributed by atoms with Crippen LogP contribution in [0.4, 0.5) is 0 Å². The lowest BCUT2D eigenvalue weighted by molar-refractivity contribution is -0.140. The van der Waals surface area contributed by atoms with Crippen LogP contribution in [0.15, 0.2) is 24.5 Å². The predicted molar refractivity (Wildman–Crippen MR) is 68.6 cm³/mol. The number of thiazole rings is 1. The molecule has 1 N–H and O–H groups in total. The third kappa shape index (κ3) is 1.62. The van der Waals surface area contributed by atoms with Crippen LogP contribution in [0, 0.1) is 6.92 Å². The topological polar surface area (TPSA) is 63.1 Å². The predicted octanol–water partition coefficient (Wildman–Crippen LogP) is 2.63. The number of rotatable bonds is 3. The number of aliphatic carboxylic acids is 1. The van der Waals surface area contributed by atoms with Crippen LogP contribution in [0.5, 0.6) is 0 Å². The lowest BCUT2D eigenvalue weighted by Gasteiger charge is -2.03. The highest BCUT2D eigenvalue weighted by Gasteiger charge is 2.54. The van der Waals surface area contributed by atoms with Crippen LogP contribution in [0.2, 0.25) is 0 Å². The molecule has 1 fully saturated rings. The van der Waals surface area contributed by atoms with Gasteiger partial charge in [0.15, 0.2) is 0 Å². The summed E-state index contributed by atoms with van der Waals surface area (Å²) in [6.45, 7) is 1.97. The van der Waals surface area contributed by atoms with Crippen LogP contribution < -0.4 is 0 Å². The summed E-state index contributed by atoms with van der Waals surface area (Å²) in [5, 5.41) is 10.0. The first-order chi connectivity index (χ1) is 8.63. The number of hydrogen-bond acceptors (Lipinski definition) is 4. The van der Waals surface area contributed by atoms with Crippen molar-refractivity contribution in [1.82, 2.24) is 9.97 Å². The highest BCUT2D eigenvalue weighted by Crippen LogP contribution is 2.50. The van der Waals surface area contributed by atoms with Gasteiger partial charge in [-0.15, -0.1) is 11.3 Å². The average Bonchev–Trinajstić information content (AvgIpc) is 3.09. The summed E-state index contributed by atoms with van der Waals surface area (Å²) in [4.78, 5) is 20.9. The van der Waals surface area contributed by atoms with Gasteiger partial charge in [0.05, 0.1) is 5.69 Å². The van der Waals surface area contributed by atoms with Gasteiger partial charge in [-0.3, -0.25) is 9.78 Å². The summed E-state index contributed by atoms with van der Waals surface area (Å²) >= 11 is 1.49. The van der Waals surface area contributed by atoms with E-state index in [0.717, 1.165) is 21.1 Å². The van der Waals surface area contributed by atoms with E-state index in [4.69, 9.17) is 0 Å². The first kappa shape index (κ1) is 11.3. The summed E-state index contributed by atoms with van der Waals surface area (Å²) < 4.78 is 0. The first-order valence-electron chi connectivity index (χ1n) is 5.75. The maximum Gasteiger partial charge on any atom is 0.316 e. The number of carbonyl (C=O) groups is 1. The van der Waals surface area contributed by atoms with Gasteiger partial charge in [0, 0.05) is 22.8 Å². The first-order valence-corrected chi connectivity index (χ1v) is 6.57. The van der Waals surface area contributed by atoms with Gasteiger partial charge >= 0.3 is 5.97 Å². The van der Waals surface area contributed by atoms with Gasteiger partial charge in [-0.25, -0.2) is 4.98 Å². The van der Waals surface area contributed by atoms with Crippen molar-refractivity contribution in [2.45, 2.75) is 25.2 Å². The zero-order valence-corrected chi connectivity index (χ0v) is 10.7. The van der Waals surface area contributed by atoms with Crippen molar-refractivity contribution in [3.8, 4) is 11.3 Å². The highest BCUT2D eigenvalue weighted by molar-refractivity contribution is 7.12. The Kier molecular flexibility index (Phi) is 2.45. The standard InChI is InChI=1S/C13H12N2O2S/c1-8-10(9-3-2-6-14-7-9)15-11(18-8)13(4-5-13)12(16)17/h2-3,6-7H,4-5H2,1H3,(H,16,17). The van der Waals surface area contributed by atoms with Crippen molar-refractivity contribution in [2.24, 2.45) is 0 Å². The van der Waals surface area contributed by atoms with Gasteiger partial charge in [0.2, 0.25) is 0 Å². The van der Waals surface area contributed by atoms with E-state index < -0.39 is 11.4 Å². The zero-order chi connectivity index (χ0) is 12.8. The molecule has 1 aliphatic carbocycles. The minimum atomic E-state index is -0.756. The molecule has 0 unspecified atom stereocenters. The maximum absolute atomic E-state index is 11.3. The molecule has 0 aliphatic heterocycles. The molecule has 0 saturated heterocycles. The molecule has 2 aromatic heterocycles. The molecule has 0 radical (unpaired) electrons. The van der Waals surface area contributed by atoms with E-state index in [2.05, 4.69) is 9.97 Å². The molecule has 5 heteroatoms. The van der Waals surface area contributed by atoms with Crippen molar-refractivity contribution < 1.29 is 9.90 Å². The smallest absolute Gasteiger partial charge is 0.316 e. The number of carboxylic acid groups (broad SMARTS) is 1. The molecule has 1 saturated carbocycles. The van der Waals surface area contributed by atoms with Crippen LogP contribution in [-0.2, 0) is 10.2 Å². The molecule has 0 bridgehead atoms. The molecule has 0 aromatic carbocycles. The van der Waals surface area contributed by atoms with Gasteiger partial charge < -0.3 is 5.11 Å². The molecule has 4 nitrogen and oxygen atoms in total. The van der Waals surface area contributed by atoms with E-state index in [1.165, 1.54) is 11.3 Å². The van der Waals surface area contributed by atoms with Gasteiger partial charge in [-0.05, 0) is 31.9 Å². The fourth-order valence-corrected chi connectivity index (χ4v) is 3.19. The number of aromatic nitrogens is 2. The fourth-order valence-electron chi connectivity index (χ4n) is 2.02. The Labute approximate surface area is 108 Å². The fraction of sp³-hybridized carbons (Fsp3) is 0.308. The van der Waals surface area contributed by atoms with Gasteiger partial charge in [-0.2, -0.15) is 0 Å². The molecule has 0 amide bonds. The Hall–Kier alpha value is -1.75.